The number of anilines is 1. The summed E-state index contributed by atoms with van der Waals surface area (Å²) < 4.78 is 19.5. The summed E-state index contributed by atoms with van der Waals surface area (Å²) in [6.45, 7) is 14.3. The van der Waals surface area contributed by atoms with Gasteiger partial charge in [0.2, 0.25) is 0 Å². The van der Waals surface area contributed by atoms with Gasteiger partial charge in [-0.15, -0.1) is 10.2 Å². The first-order valence-electron chi connectivity index (χ1n) is 17.9. The van der Waals surface area contributed by atoms with E-state index >= 15 is 0 Å². The minimum absolute atomic E-state index is 0.124. The number of aromatic nitrogens is 5. The van der Waals surface area contributed by atoms with E-state index in [1.807, 2.05) is 81.6 Å². The summed E-state index contributed by atoms with van der Waals surface area (Å²) in [6, 6.07) is 12.9. The highest BCUT2D eigenvalue weighted by Crippen LogP contribution is 2.39. The average Bonchev–Trinajstić information content (AvgIpc) is 3.55. The van der Waals surface area contributed by atoms with E-state index in [-0.39, 0.29) is 29.2 Å². The molecule has 51 heavy (non-hydrogen) atoms. The van der Waals surface area contributed by atoms with E-state index in [9.17, 15) is 9.59 Å². The number of morpholine rings is 1. The largest absolute Gasteiger partial charge is 0.484 e. The summed E-state index contributed by atoms with van der Waals surface area (Å²) in [6.07, 6.45) is 5.04. The van der Waals surface area contributed by atoms with Crippen LogP contribution in [0.5, 0.6) is 5.75 Å². The summed E-state index contributed by atoms with van der Waals surface area (Å²) >= 11 is 0. The maximum atomic E-state index is 13.5. The molecule has 1 fully saturated rings. The van der Waals surface area contributed by atoms with E-state index in [0.717, 1.165) is 56.8 Å². The Balaban J connectivity index is 1.12. The summed E-state index contributed by atoms with van der Waals surface area (Å²) in [5.41, 5.74) is 2.41. The van der Waals surface area contributed by atoms with Gasteiger partial charge in [-0.3, -0.25) is 19.4 Å². The van der Waals surface area contributed by atoms with E-state index in [4.69, 9.17) is 14.2 Å². The van der Waals surface area contributed by atoms with Crippen molar-refractivity contribution in [1.82, 2.24) is 34.8 Å². The van der Waals surface area contributed by atoms with E-state index in [1.165, 1.54) is 0 Å². The number of carbonyl (C=O) groups is 2. The molecule has 0 radical (unpaired) electrons. The highest BCUT2D eigenvalue weighted by Gasteiger charge is 2.31. The third-order valence-electron chi connectivity index (χ3n) is 9.66. The topological polar surface area (TPSA) is 145 Å². The maximum absolute atomic E-state index is 13.5. The molecule has 4 heterocycles. The number of fused-ring (bicyclic) bond motifs is 2. The molecule has 272 valence electrons. The Hall–Kier alpha value is -4.46. The first-order valence-corrected chi connectivity index (χ1v) is 17.9. The molecule has 0 spiro atoms. The fourth-order valence-electron chi connectivity index (χ4n) is 6.52. The molecule has 6 rings (SSSR count). The van der Waals surface area contributed by atoms with Crippen LogP contribution in [0.2, 0.25) is 0 Å². The number of nitrogens with zero attached hydrogens (tertiary/aromatic N) is 6. The number of unbranched alkanes of at least 4 members (excludes halogenated alkanes) is 1. The number of nitrogens with one attached hydrogen (secondary N) is 2. The fraction of sp³-hybridized carbons (Fsp3) is 0.526. The van der Waals surface area contributed by atoms with Gasteiger partial charge in [0, 0.05) is 38.1 Å². The van der Waals surface area contributed by atoms with Gasteiger partial charge in [0.1, 0.15) is 23.3 Å². The van der Waals surface area contributed by atoms with Crippen molar-refractivity contribution < 1.29 is 23.8 Å². The molecule has 2 N–H and O–H groups in total. The number of rotatable bonds is 12. The van der Waals surface area contributed by atoms with Gasteiger partial charge in [0.25, 0.3) is 0 Å². The van der Waals surface area contributed by atoms with Gasteiger partial charge in [-0.25, -0.2) is 14.8 Å². The van der Waals surface area contributed by atoms with Crippen molar-refractivity contribution in [1.29, 1.82) is 0 Å². The van der Waals surface area contributed by atoms with Crippen LogP contribution in [0.4, 0.5) is 10.6 Å². The standard InChI is InChI=1S/C38H50N8O5/c1-37(2,3)31-23-32(41-34(40-31)29(47)13-9-10-18-45-19-21-50-22-20-45)42-36(48)39-28-15-16-30(27-12-8-7-11-26(27)28)51-25-14-17-33-43-44-35(46(33)24-25)38(4,5)49-6/h7-8,11-12,14,17,23-24,28,30H,9-10,13,15-16,18-22H2,1-6H3,(H2,39,40,41,42,48)/t28-,30+/m0/s1. The summed E-state index contributed by atoms with van der Waals surface area (Å²) in [7, 11) is 1.65. The lowest BCUT2D eigenvalue weighted by molar-refractivity contribution is 0.0106. The number of pyridine rings is 1. The number of benzene rings is 1. The number of carbonyl (C=O) groups excluding carboxylic acids is 2. The Bertz CT molecular complexity index is 1850. The zero-order valence-electron chi connectivity index (χ0n) is 30.6. The molecule has 4 aromatic rings. The van der Waals surface area contributed by atoms with Gasteiger partial charge in [-0.2, -0.15) is 0 Å². The highest BCUT2D eigenvalue weighted by atomic mass is 16.5. The van der Waals surface area contributed by atoms with Crippen LogP contribution in [0.25, 0.3) is 5.65 Å². The van der Waals surface area contributed by atoms with E-state index in [0.29, 0.717) is 48.0 Å². The van der Waals surface area contributed by atoms with Gasteiger partial charge in [-0.05, 0) is 69.3 Å². The predicted molar refractivity (Wildman–Crippen MR) is 193 cm³/mol. The molecule has 1 aliphatic carbocycles. The van der Waals surface area contributed by atoms with Crippen LogP contribution >= 0.6 is 0 Å². The Morgan fingerprint density at radius 2 is 1.73 bits per heavy atom. The SMILES string of the molecule is COC(C)(C)c1nnc2ccc(O[C@@H]3CC[C@H](NC(=O)Nc4cc(C(C)(C)C)nc(C(=O)CCCCN5CCOCC5)n4)c4ccccc43)cn12. The Morgan fingerprint density at radius 3 is 2.47 bits per heavy atom. The summed E-state index contributed by atoms with van der Waals surface area (Å²) in [4.78, 5) is 38.2. The fourth-order valence-corrected chi connectivity index (χ4v) is 6.52. The zero-order chi connectivity index (χ0) is 36.2. The van der Waals surface area contributed by atoms with Crippen molar-refractivity contribution in [3.63, 3.8) is 0 Å². The number of hydrogen-bond acceptors (Lipinski definition) is 10. The van der Waals surface area contributed by atoms with Crippen molar-refractivity contribution >= 4 is 23.3 Å². The number of hydrogen-bond donors (Lipinski definition) is 2. The lowest BCUT2D eigenvalue weighted by Gasteiger charge is -2.32. The molecular formula is C38H50N8O5. The maximum Gasteiger partial charge on any atom is 0.320 e. The second-order valence-corrected chi connectivity index (χ2v) is 14.8. The molecule has 1 aromatic carbocycles. The van der Waals surface area contributed by atoms with Crippen molar-refractivity contribution in [3.05, 3.63) is 77.1 Å². The van der Waals surface area contributed by atoms with Crippen LogP contribution in [0, 0.1) is 0 Å². The minimum atomic E-state index is -0.630. The van der Waals surface area contributed by atoms with Gasteiger partial charge < -0.3 is 19.5 Å². The zero-order valence-corrected chi connectivity index (χ0v) is 30.6. The third-order valence-corrected chi connectivity index (χ3v) is 9.66. The number of ether oxygens (including phenoxy) is 3. The molecule has 3 aromatic heterocycles. The Morgan fingerprint density at radius 1 is 0.961 bits per heavy atom. The number of ketones is 1. The average molecular weight is 699 g/mol. The molecule has 0 saturated carbocycles. The summed E-state index contributed by atoms with van der Waals surface area (Å²) in [5, 5.41) is 14.7. The third kappa shape index (κ3) is 8.71. The Kier molecular flexibility index (Phi) is 11.0. The molecule has 1 saturated heterocycles. The molecular weight excluding hydrogens is 648 g/mol. The predicted octanol–water partition coefficient (Wildman–Crippen LogP) is 6.16. The van der Waals surface area contributed by atoms with Gasteiger partial charge in [0.05, 0.1) is 31.1 Å². The van der Waals surface area contributed by atoms with Gasteiger partial charge >= 0.3 is 6.03 Å². The molecule has 0 bridgehead atoms. The van der Waals surface area contributed by atoms with E-state index in [1.54, 1.807) is 13.2 Å². The lowest BCUT2D eigenvalue weighted by Crippen LogP contribution is -2.36. The molecule has 2 amide bonds. The minimum Gasteiger partial charge on any atom is -0.484 e. The second-order valence-electron chi connectivity index (χ2n) is 14.8. The van der Waals surface area contributed by atoms with Crippen LogP contribution in [0.15, 0.2) is 48.7 Å². The van der Waals surface area contributed by atoms with E-state index in [2.05, 4.69) is 35.7 Å². The van der Waals surface area contributed by atoms with Gasteiger partial charge in [-0.1, -0.05) is 45.0 Å². The number of amides is 2. The van der Waals surface area contributed by atoms with Crippen molar-refractivity contribution in [2.45, 2.75) is 89.9 Å². The number of Topliss-reactive ketones (excluding diaryl/α,β-unsaturated/α-hetero) is 1. The monoisotopic (exact) mass is 698 g/mol. The number of urea groups is 1. The van der Waals surface area contributed by atoms with Crippen LogP contribution < -0.4 is 15.4 Å². The van der Waals surface area contributed by atoms with Crippen molar-refractivity contribution in [3.8, 4) is 5.75 Å². The molecule has 13 nitrogen and oxygen atoms in total. The molecule has 2 aliphatic rings. The molecule has 0 unspecified atom stereocenters. The first-order chi connectivity index (χ1) is 24.4. The molecule has 1 aliphatic heterocycles. The normalized spacial score (nSPS) is 18.3. The lowest BCUT2D eigenvalue weighted by atomic mass is 9.85. The molecule has 2 atom stereocenters. The van der Waals surface area contributed by atoms with Crippen LogP contribution in [0.3, 0.4) is 0 Å². The van der Waals surface area contributed by atoms with Crippen LogP contribution in [-0.2, 0) is 20.5 Å². The highest BCUT2D eigenvalue weighted by molar-refractivity contribution is 5.94. The second kappa shape index (κ2) is 15.4. The van der Waals surface area contributed by atoms with Crippen molar-refractivity contribution in [2.75, 3.05) is 45.3 Å². The summed E-state index contributed by atoms with van der Waals surface area (Å²) in [5.74, 6) is 1.67. The first kappa shape index (κ1) is 36.3. The smallest absolute Gasteiger partial charge is 0.320 e. The number of methoxy groups -OCH3 is 1. The quantitative estimate of drug-likeness (QED) is 0.130. The van der Waals surface area contributed by atoms with Crippen LogP contribution in [-0.4, -0.2) is 81.2 Å². The van der Waals surface area contributed by atoms with Crippen LogP contribution in [0.1, 0.15) is 112 Å². The van der Waals surface area contributed by atoms with E-state index < -0.39 is 11.6 Å². The van der Waals surface area contributed by atoms with Crippen molar-refractivity contribution in [2.24, 2.45) is 0 Å². The Labute approximate surface area is 299 Å². The van der Waals surface area contributed by atoms with Gasteiger partial charge in [0.15, 0.2) is 23.1 Å². The molecule has 13 heteroatoms.